The van der Waals surface area contributed by atoms with Crippen LogP contribution in [0.15, 0.2) is 18.2 Å². The molecule has 0 atom stereocenters. The number of halogens is 9. The average molecular weight is 482 g/mol. The minimum Gasteiger partial charge on any atom is -0.504 e. The van der Waals surface area contributed by atoms with Gasteiger partial charge < -0.3 is 10.2 Å². The summed E-state index contributed by atoms with van der Waals surface area (Å²) in [7, 11) is 0. The van der Waals surface area contributed by atoms with Crippen LogP contribution in [0.25, 0.3) is 0 Å². The average Bonchev–Trinajstić information content (AvgIpc) is 2.53. The molecule has 2 N–H and O–H groups in total. The minimum atomic E-state index is -5.43. The van der Waals surface area contributed by atoms with Gasteiger partial charge in [-0.3, -0.25) is 4.79 Å². The number of carbonyl (C=O) groups is 1. The molecule has 0 amide bonds. The molecule has 0 saturated heterocycles. The second kappa shape index (κ2) is 10.7. The normalized spacial score (nSPS) is 13.4. The number of aromatic hydroxyl groups is 2. The van der Waals surface area contributed by atoms with Crippen molar-refractivity contribution in [2.24, 2.45) is 0 Å². The summed E-state index contributed by atoms with van der Waals surface area (Å²) in [5.41, 5.74) is 0.615. The summed E-state index contributed by atoms with van der Waals surface area (Å²) in [6.07, 6.45) is -14.7. The Morgan fingerprint density at radius 2 is 1.25 bits per heavy atom. The molecular formula is C20H23F9O3. The van der Waals surface area contributed by atoms with E-state index in [4.69, 9.17) is 0 Å². The molecule has 0 unspecified atom stereocenters. The van der Waals surface area contributed by atoms with Crippen molar-refractivity contribution < 1.29 is 54.5 Å². The third-order valence-electron chi connectivity index (χ3n) is 4.45. The highest BCUT2D eigenvalue weighted by Crippen LogP contribution is 2.43. The molecule has 32 heavy (non-hydrogen) atoms. The summed E-state index contributed by atoms with van der Waals surface area (Å²) < 4.78 is 117. The molecular weight excluding hydrogens is 459 g/mol. The number of hydrogen-bond acceptors (Lipinski definition) is 3. The van der Waals surface area contributed by atoms with Crippen molar-refractivity contribution in [2.45, 2.75) is 81.7 Å². The third-order valence-corrected chi connectivity index (χ3v) is 4.45. The predicted octanol–water partition coefficient (Wildman–Crippen LogP) is 6.80. The van der Waals surface area contributed by atoms with Crippen LogP contribution >= 0.6 is 0 Å². The van der Waals surface area contributed by atoms with Crippen LogP contribution < -0.4 is 0 Å². The SMILES string of the molecule is O=C(CCCc1ccc(O)c(O)c1)CCCC(F)(F)CC(F)(F)CC(F)(F)CC(F)(F)F. The van der Waals surface area contributed by atoms with Crippen LogP contribution in [-0.2, 0) is 11.2 Å². The van der Waals surface area contributed by atoms with Crippen LogP contribution in [0.1, 0.15) is 56.9 Å². The maximum atomic E-state index is 13.7. The molecule has 184 valence electrons. The van der Waals surface area contributed by atoms with Crippen molar-refractivity contribution in [1.82, 2.24) is 0 Å². The zero-order valence-electron chi connectivity index (χ0n) is 16.8. The van der Waals surface area contributed by atoms with E-state index in [-0.39, 0.29) is 24.3 Å². The number of carbonyl (C=O) groups excluding carboxylic acids is 1. The molecule has 0 heterocycles. The fourth-order valence-electron chi connectivity index (χ4n) is 3.15. The molecule has 0 aliphatic heterocycles. The number of alkyl halides is 9. The minimum absolute atomic E-state index is 0.0208. The van der Waals surface area contributed by atoms with E-state index in [2.05, 4.69) is 0 Å². The lowest BCUT2D eigenvalue weighted by molar-refractivity contribution is -0.213. The van der Waals surface area contributed by atoms with Gasteiger partial charge in [0.2, 0.25) is 0 Å². The zero-order chi connectivity index (χ0) is 24.8. The summed E-state index contributed by atoms with van der Waals surface area (Å²) in [5.74, 6) is -14.8. The van der Waals surface area contributed by atoms with Crippen LogP contribution in [-0.4, -0.2) is 39.9 Å². The second-order valence-electron chi connectivity index (χ2n) is 7.78. The van der Waals surface area contributed by atoms with Crippen LogP contribution in [0.5, 0.6) is 11.5 Å². The number of benzene rings is 1. The third kappa shape index (κ3) is 11.5. The number of phenols is 2. The molecule has 0 aliphatic carbocycles. The molecule has 1 aromatic rings. The first-order chi connectivity index (χ1) is 14.4. The van der Waals surface area contributed by atoms with Gasteiger partial charge in [0.25, 0.3) is 17.8 Å². The molecule has 0 fully saturated rings. The largest absolute Gasteiger partial charge is 0.504 e. The van der Waals surface area contributed by atoms with E-state index in [0.717, 1.165) is 0 Å². The summed E-state index contributed by atoms with van der Waals surface area (Å²) in [4.78, 5) is 11.8. The van der Waals surface area contributed by atoms with Gasteiger partial charge in [-0.2, -0.15) is 13.2 Å². The van der Waals surface area contributed by atoms with Crippen LogP contribution in [0.2, 0.25) is 0 Å². The van der Waals surface area contributed by atoms with E-state index in [1.165, 1.54) is 18.2 Å². The molecule has 0 aliphatic rings. The standard InChI is InChI=1S/C20H23F9O3/c21-17(22,10-18(23,24)11-19(25,26)12-20(27,28)29)8-2-5-14(30)4-1-3-13-6-7-15(31)16(32)9-13/h6-7,9,31-32H,1-5,8,10-12H2. The lowest BCUT2D eigenvalue weighted by Crippen LogP contribution is -2.37. The van der Waals surface area contributed by atoms with Gasteiger partial charge in [-0.05, 0) is 37.0 Å². The van der Waals surface area contributed by atoms with E-state index in [1.807, 2.05) is 0 Å². The first-order valence-electron chi connectivity index (χ1n) is 9.63. The van der Waals surface area contributed by atoms with E-state index >= 15 is 0 Å². The Morgan fingerprint density at radius 3 is 1.81 bits per heavy atom. The van der Waals surface area contributed by atoms with Crippen LogP contribution in [0.3, 0.4) is 0 Å². The van der Waals surface area contributed by atoms with Gasteiger partial charge in [-0.25, -0.2) is 26.3 Å². The molecule has 0 bridgehead atoms. The van der Waals surface area contributed by atoms with Crippen LogP contribution in [0, 0.1) is 0 Å². The molecule has 0 radical (unpaired) electrons. The quantitative estimate of drug-likeness (QED) is 0.240. The highest BCUT2D eigenvalue weighted by Gasteiger charge is 2.52. The van der Waals surface area contributed by atoms with E-state index < -0.39 is 61.8 Å². The number of Topliss-reactive ketones (excluding diaryl/α,β-unsaturated/α-hetero) is 1. The zero-order valence-corrected chi connectivity index (χ0v) is 16.8. The smallest absolute Gasteiger partial charge is 0.394 e. The van der Waals surface area contributed by atoms with Gasteiger partial charge in [0.1, 0.15) is 12.2 Å². The second-order valence-corrected chi connectivity index (χ2v) is 7.78. The number of phenolic OH excluding ortho intramolecular Hbond substituents is 2. The molecule has 0 aromatic heterocycles. The summed E-state index contributed by atoms with van der Waals surface area (Å²) >= 11 is 0. The van der Waals surface area contributed by atoms with E-state index in [0.29, 0.717) is 18.4 Å². The number of ketones is 1. The fourth-order valence-corrected chi connectivity index (χ4v) is 3.15. The topological polar surface area (TPSA) is 57.5 Å². The van der Waals surface area contributed by atoms with Gasteiger partial charge in [-0.15, -0.1) is 0 Å². The Morgan fingerprint density at radius 1 is 0.719 bits per heavy atom. The lowest BCUT2D eigenvalue weighted by atomic mass is 9.97. The van der Waals surface area contributed by atoms with Crippen LogP contribution in [0.4, 0.5) is 39.5 Å². The van der Waals surface area contributed by atoms with Gasteiger partial charge in [0.15, 0.2) is 11.5 Å². The molecule has 1 aromatic carbocycles. The summed E-state index contributed by atoms with van der Waals surface area (Å²) in [5, 5.41) is 18.6. The maximum absolute atomic E-state index is 13.7. The fraction of sp³-hybridized carbons (Fsp3) is 0.650. The Hall–Kier alpha value is -2.14. The van der Waals surface area contributed by atoms with Crippen molar-refractivity contribution in [1.29, 1.82) is 0 Å². The first kappa shape index (κ1) is 27.9. The molecule has 3 nitrogen and oxygen atoms in total. The Kier molecular flexibility index (Phi) is 9.28. The Bertz CT molecular complexity index is 761. The van der Waals surface area contributed by atoms with Crippen molar-refractivity contribution in [3.05, 3.63) is 23.8 Å². The molecule has 1 rings (SSSR count). The predicted molar refractivity (Wildman–Crippen MR) is 96.3 cm³/mol. The molecule has 0 spiro atoms. The van der Waals surface area contributed by atoms with Gasteiger partial charge in [0, 0.05) is 19.3 Å². The van der Waals surface area contributed by atoms with Crippen molar-refractivity contribution in [3.63, 3.8) is 0 Å². The summed E-state index contributed by atoms with van der Waals surface area (Å²) in [6.45, 7) is 0. The summed E-state index contributed by atoms with van der Waals surface area (Å²) in [6, 6.07) is 4.06. The highest BCUT2D eigenvalue weighted by atomic mass is 19.4. The monoisotopic (exact) mass is 482 g/mol. The van der Waals surface area contributed by atoms with Crippen molar-refractivity contribution in [2.75, 3.05) is 0 Å². The number of hydrogen-bond donors (Lipinski definition) is 2. The number of rotatable bonds is 13. The van der Waals surface area contributed by atoms with Crippen molar-refractivity contribution >= 4 is 5.78 Å². The Labute approximate surface area is 178 Å². The highest BCUT2D eigenvalue weighted by molar-refractivity contribution is 5.78. The molecule has 12 heteroatoms. The van der Waals surface area contributed by atoms with Gasteiger partial charge >= 0.3 is 6.18 Å². The Balaban J connectivity index is 2.41. The van der Waals surface area contributed by atoms with Gasteiger partial charge in [-0.1, -0.05) is 6.07 Å². The first-order valence-corrected chi connectivity index (χ1v) is 9.63. The van der Waals surface area contributed by atoms with Gasteiger partial charge in [0.05, 0.1) is 12.8 Å². The van der Waals surface area contributed by atoms with E-state index in [9.17, 15) is 54.5 Å². The van der Waals surface area contributed by atoms with E-state index in [1.54, 1.807) is 0 Å². The molecule has 0 saturated carbocycles. The van der Waals surface area contributed by atoms with Crippen molar-refractivity contribution in [3.8, 4) is 11.5 Å². The number of aryl methyl sites for hydroxylation is 1. The lowest BCUT2D eigenvalue weighted by Gasteiger charge is -2.27. The maximum Gasteiger partial charge on any atom is 0.394 e.